The van der Waals surface area contributed by atoms with Gasteiger partial charge in [-0.2, -0.15) is 0 Å². The molecule has 130 valence electrons. The smallest absolute Gasteiger partial charge is 0.261 e. The highest BCUT2D eigenvalue weighted by atomic mass is 16.2. The summed E-state index contributed by atoms with van der Waals surface area (Å²) in [6.07, 6.45) is 17.4. The summed E-state index contributed by atoms with van der Waals surface area (Å²) in [5.41, 5.74) is 1.27. The van der Waals surface area contributed by atoms with E-state index in [0.29, 0.717) is 11.1 Å². The highest BCUT2D eigenvalue weighted by Gasteiger charge is 2.42. The van der Waals surface area contributed by atoms with E-state index in [1.54, 1.807) is 4.90 Å². The Kier molecular flexibility index (Phi) is 7.23. The summed E-state index contributed by atoms with van der Waals surface area (Å²) >= 11 is 0. The zero-order valence-corrected chi connectivity index (χ0v) is 14.6. The fourth-order valence-corrected chi connectivity index (χ4v) is 3.50. The zero-order valence-electron chi connectivity index (χ0n) is 14.6. The molecule has 0 unspecified atom stereocenters. The fraction of sp³-hybridized carbons (Fsp3) is 0.524. The van der Waals surface area contributed by atoms with Crippen LogP contribution in [0.1, 0.15) is 64.2 Å². The van der Waals surface area contributed by atoms with Gasteiger partial charge in [-0.05, 0) is 51.4 Å². The summed E-state index contributed by atoms with van der Waals surface area (Å²) in [4.78, 5) is 27.0. The van der Waals surface area contributed by atoms with Crippen LogP contribution in [0, 0.1) is 0 Å². The number of fused-ring (bicyclic) bond motifs is 1. The van der Waals surface area contributed by atoms with Gasteiger partial charge in [0.05, 0.1) is 0 Å². The van der Waals surface area contributed by atoms with Crippen molar-refractivity contribution in [2.75, 3.05) is 0 Å². The minimum Gasteiger partial charge on any atom is -0.271 e. The van der Waals surface area contributed by atoms with E-state index in [9.17, 15) is 9.59 Å². The zero-order chi connectivity index (χ0) is 17.4. The second-order valence-electron chi connectivity index (χ2n) is 6.59. The number of hydrogen-bond acceptors (Lipinski definition) is 2. The first-order valence-corrected chi connectivity index (χ1v) is 9.21. The third-order valence-corrected chi connectivity index (χ3v) is 4.81. The van der Waals surface area contributed by atoms with Crippen molar-refractivity contribution in [2.45, 2.75) is 70.3 Å². The van der Waals surface area contributed by atoms with Crippen molar-refractivity contribution >= 4 is 11.8 Å². The minimum atomic E-state index is -0.0802. The lowest BCUT2D eigenvalue weighted by molar-refractivity contribution is -0.139. The summed E-state index contributed by atoms with van der Waals surface area (Å²) in [5, 5.41) is 0. The van der Waals surface area contributed by atoms with Crippen LogP contribution in [0.3, 0.4) is 0 Å². The number of nitrogens with zero attached hydrogens (tertiary/aromatic N) is 1. The molecule has 0 bridgehead atoms. The van der Waals surface area contributed by atoms with Gasteiger partial charge in [0.15, 0.2) is 0 Å². The highest BCUT2D eigenvalue weighted by Crippen LogP contribution is 2.33. The van der Waals surface area contributed by atoms with E-state index in [4.69, 9.17) is 0 Å². The van der Waals surface area contributed by atoms with Gasteiger partial charge in [0.1, 0.15) is 0 Å². The van der Waals surface area contributed by atoms with Gasteiger partial charge in [0.25, 0.3) is 11.8 Å². The van der Waals surface area contributed by atoms with Gasteiger partial charge in [-0.15, -0.1) is 13.2 Å². The second kappa shape index (κ2) is 9.41. The van der Waals surface area contributed by atoms with Crippen LogP contribution < -0.4 is 0 Å². The predicted octanol–water partition coefficient (Wildman–Crippen LogP) is 4.86. The number of imide groups is 1. The molecule has 3 nitrogen and oxygen atoms in total. The molecule has 1 aliphatic heterocycles. The SMILES string of the molecule is C=CCCCCC(CCCCC=C)N1C(=O)C2=CCCC=C2C1=O. The Morgan fingerprint density at radius 3 is 1.75 bits per heavy atom. The molecular formula is C21H29NO2. The molecule has 0 atom stereocenters. The summed E-state index contributed by atoms with van der Waals surface area (Å²) < 4.78 is 0. The third-order valence-electron chi connectivity index (χ3n) is 4.81. The first-order chi connectivity index (χ1) is 11.7. The van der Waals surface area contributed by atoms with Crippen LogP contribution in [0.5, 0.6) is 0 Å². The summed E-state index contributed by atoms with van der Waals surface area (Å²) in [6.45, 7) is 7.51. The van der Waals surface area contributed by atoms with Gasteiger partial charge in [0.2, 0.25) is 0 Å². The predicted molar refractivity (Wildman–Crippen MR) is 98.4 cm³/mol. The van der Waals surface area contributed by atoms with Crippen molar-refractivity contribution in [3.8, 4) is 0 Å². The Morgan fingerprint density at radius 2 is 1.33 bits per heavy atom. The molecule has 2 aliphatic rings. The van der Waals surface area contributed by atoms with Crippen LogP contribution in [0.2, 0.25) is 0 Å². The number of likely N-dealkylation sites (tertiary alicyclic amines) is 1. The van der Waals surface area contributed by atoms with Gasteiger partial charge < -0.3 is 0 Å². The van der Waals surface area contributed by atoms with Crippen LogP contribution >= 0.6 is 0 Å². The Hall–Kier alpha value is -1.90. The lowest BCUT2D eigenvalue weighted by Gasteiger charge is -2.26. The lowest BCUT2D eigenvalue weighted by Crippen LogP contribution is -2.39. The van der Waals surface area contributed by atoms with Crippen molar-refractivity contribution < 1.29 is 9.59 Å². The monoisotopic (exact) mass is 327 g/mol. The molecule has 2 rings (SSSR count). The molecule has 0 aromatic rings. The van der Waals surface area contributed by atoms with Crippen molar-refractivity contribution in [3.05, 3.63) is 48.6 Å². The molecule has 0 aromatic heterocycles. The molecule has 3 heteroatoms. The highest BCUT2D eigenvalue weighted by molar-refractivity contribution is 6.24. The van der Waals surface area contributed by atoms with Crippen LogP contribution in [0.25, 0.3) is 0 Å². The Bertz CT molecular complexity index is 508. The van der Waals surface area contributed by atoms with Crippen molar-refractivity contribution in [3.63, 3.8) is 0 Å². The Labute approximate surface area is 145 Å². The van der Waals surface area contributed by atoms with E-state index >= 15 is 0 Å². The van der Waals surface area contributed by atoms with E-state index in [1.807, 2.05) is 24.3 Å². The van der Waals surface area contributed by atoms with Gasteiger partial charge in [-0.3, -0.25) is 14.5 Å². The van der Waals surface area contributed by atoms with E-state index in [0.717, 1.165) is 64.2 Å². The van der Waals surface area contributed by atoms with E-state index < -0.39 is 0 Å². The van der Waals surface area contributed by atoms with Crippen LogP contribution in [0.4, 0.5) is 0 Å². The molecule has 0 N–H and O–H groups in total. The lowest BCUT2D eigenvalue weighted by atomic mass is 10.00. The minimum absolute atomic E-state index is 0.0204. The topological polar surface area (TPSA) is 37.4 Å². The molecule has 1 heterocycles. The molecule has 0 radical (unpaired) electrons. The van der Waals surface area contributed by atoms with Gasteiger partial charge in [-0.1, -0.05) is 37.1 Å². The van der Waals surface area contributed by atoms with E-state index in [-0.39, 0.29) is 17.9 Å². The van der Waals surface area contributed by atoms with Gasteiger partial charge in [-0.25, -0.2) is 0 Å². The van der Waals surface area contributed by atoms with Gasteiger partial charge in [0, 0.05) is 17.2 Å². The number of amides is 2. The van der Waals surface area contributed by atoms with Crippen LogP contribution in [-0.4, -0.2) is 22.8 Å². The Balaban J connectivity index is 2.06. The first kappa shape index (κ1) is 18.4. The molecule has 0 aromatic carbocycles. The number of carbonyl (C=O) groups excluding carboxylic acids is 2. The summed E-state index contributed by atoms with van der Waals surface area (Å²) in [5.74, 6) is -0.160. The molecule has 1 saturated heterocycles. The summed E-state index contributed by atoms with van der Waals surface area (Å²) in [7, 11) is 0. The number of rotatable bonds is 11. The first-order valence-electron chi connectivity index (χ1n) is 9.21. The maximum atomic E-state index is 12.7. The number of allylic oxidation sites excluding steroid dienone is 4. The average Bonchev–Trinajstić information content (AvgIpc) is 2.85. The maximum absolute atomic E-state index is 12.7. The second-order valence-corrected chi connectivity index (χ2v) is 6.59. The number of unbranched alkanes of at least 4 members (excludes halogenated alkanes) is 4. The van der Waals surface area contributed by atoms with Crippen molar-refractivity contribution in [1.29, 1.82) is 0 Å². The largest absolute Gasteiger partial charge is 0.271 e. The summed E-state index contributed by atoms with van der Waals surface area (Å²) in [6, 6.07) is 0.0204. The number of carbonyl (C=O) groups is 2. The van der Waals surface area contributed by atoms with Crippen LogP contribution in [-0.2, 0) is 9.59 Å². The molecule has 1 fully saturated rings. The van der Waals surface area contributed by atoms with E-state index in [2.05, 4.69) is 13.2 Å². The molecular weight excluding hydrogens is 298 g/mol. The maximum Gasteiger partial charge on any atom is 0.261 e. The van der Waals surface area contributed by atoms with Gasteiger partial charge >= 0.3 is 0 Å². The molecule has 0 saturated carbocycles. The number of hydrogen-bond donors (Lipinski definition) is 0. The molecule has 24 heavy (non-hydrogen) atoms. The average molecular weight is 327 g/mol. The van der Waals surface area contributed by atoms with Crippen molar-refractivity contribution in [1.82, 2.24) is 4.90 Å². The molecule has 1 aliphatic carbocycles. The fourth-order valence-electron chi connectivity index (χ4n) is 3.50. The van der Waals surface area contributed by atoms with Crippen LogP contribution in [0.15, 0.2) is 48.6 Å². The Morgan fingerprint density at radius 1 is 0.875 bits per heavy atom. The normalized spacial score (nSPS) is 17.0. The van der Waals surface area contributed by atoms with E-state index in [1.165, 1.54) is 0 Å². The van der Waals surface area contributed by atoms with Crippen molar-refractivity contribution in [2.24, 2.45) is 0 Å². The third kappa shape index (κ3) is 4.34. The molecule has 2 amide bonds. The quantitative estimate of drug-likeness (QED) is 0.309. The molecule has 0 spiro atoms. The standard InChI is InChI=1S/C21H29NO2/c1-3-5-7-9-13-17(14-10-8-6-4-2)22-20(23)18-15-11-12-16-19(18)21(22)24/h3-4,15-17H,1-2,5-14H2.